The predicted molar refractivity (Wildman–Crippen MR) is 72.5 cm³/mol. The highest BCUT2D eigenvalue weighted by Gasteiger charge is 2.54. The maximum Gasteiger partial charge on any atom is 0.322 e. The Kier molecular flexibility index (Phi) is 3.05. The van der Waals surface area contributed by atoms with Crippen LogP contribution in [0.2, 0.25) is 0 Å². The van der Waals surface area contributed by atoms with E-state index in [1.165, 1.54) is 17.0 Å². The second-order valence-corrected chi connectivity index (χ2v) is 5.50. The van der Waals surface area contributed by atoms with Crippen LogP contribution in [0.25, 0.3) is 0 Å². The Hall–Kier alpha value is -2.64. The van der Waals surface area contributed by atoms with E-state index in [-0.39, 0.29) is 23.6 Å². The summed E-state index contributed by atoms with van der Waals surface area (Å²) in [6, 6.07) is 2.97. The zero-order valence-electron chi connectivity index (χ0n) is 12.0. The number of likely N-dealkylation sites (N-methyl/N-ethyl adjacent to an activating group) is 1. The average molecular weight is 307 g/mol. The summed E-state index contributed by atoms with van der Waals surface area (Å²) >= 11 is 0. The summed E-state index contributed by atoms with van der Waals surface area (Å²) in [7, 11) is 3.12. The molecule has 1 spiro atoms. The van der Waals surface area contributed by atoms with E-state index < -0.39 is 29.4 Å². The van der Waals surface area contributed by atoms with E-state index in [0.29, 0.717) is 0 Å². The van der Waals surface area contributed by atoms with Gasteiger partial charge < -0.3 is 15.0 Å². The summed E-state index contributed by atoms with van der Waals surface area (Å²) in [5.74, 6) is -1.33. The van der Waals surface area contributed by atoms with Crippen molar-refractivity contribution in [2.75, 3.05) is 14.1 Å². The van der Waals surface area contributed by atoms with E-state index in [2.05, 4.69) is 10.6 Å². The predicted octanol–water partition coefficient (Wildman–Crippen LogP) is 0.0997. The Morgan fingerprint density at radius 2 is 2.14 bits per heavy atom. The van der Waals surface area contributed by atoms with E-state index in [1.807, 2.05) is 0 Å². The fourth-order valence-corrected chi connectivity index (χ4v) is 2.77. The van der Waals surface area contributed by atoms with Crippen LogP contribution in [0, 0.1) is 5.82 Å². The minimum Gasteiger partial charge on any atom is -0.480 e. The van der Waals surface area contributed by atoms with Crippen molar-refractivity contribution in [2.24, 2.45) is 0 Å². The van der Waals surface area contributed by atoms with Crippen LogP contribution in [0.15, 0.2) is 18.2 Å². The number of benzene rings is 1. The zero-order chi connectivity index (χ0) is 16.1. The minimum atomic E-state index is -1.50. The number of carbonyl (C=O) groups excluding carboxylic acids is 3. The third-order valence-corrected chi connectivity index (χ3v) is 3.82. The van der Waals surface area contributed by atoms with E-state index in [0.717, 1.165) is 6.07 Å². The second-order valence-electron chi connectivity index (χ2n) is 5.50. The van der Waals surface area contributed by atoms with Crippen molar-refractivity contribution in [1.29, 1.82) is 0 Å². The number of halogens is 1. The van der Waals surface area contributed by atoms with Gasteiger partial charge in [-0.05, 0) is 18.2 Å². The maximum atomic E-state index is 13.6. The number of amides is 4. The van der Waals surface area contributed by atoms with Crippen molar-refractivity contribution in [2.45, 2.75) is 18.1 Å². The molecule has 0 unspecified atom stereocenters. The van der Waals surface area contributed by atoms with Crippen LogP contribution >= 0.6 is 0 Å². The Bertz CT molecular complexity index is 691. The van der Waals surface area contributed by atoms with Gasteiger partial charge in [-0.1, -0.05) is 0 Å². The molecule has 0 aromatic heterocycles. The van der Waals surface area contributed by atoms with Gasteiger partial charge in [0, 0.05) is 26.1 Å². The molecule has 2 N–H and O–H groups in total. The molecule has 0 aliphatic carbocycles. The zero-order valence-corrected chi connectivity index (χ0v) is 12.0. The molecule has 1 aromatic rings. The maximum absolute atomic E-state index is 13.6. The summed E-state index contributed by atoms with van der Waals surface area (Å²) in [5, 5.41) is 4.64. The Morgan fingerprint density at radius 3 is 2.73 bits per heavy atom. The van der Waals surface area contributed by atoms with Crippen molar-refractivity contribution in [3.63, 3.8) is 0 Å². The first kappa shape index (κ1) is 14.3. The number of hydrogen-bond donors (Lipinski definition) is 2. The van der Waals surface area contributed by atoms with Crippen LogP contribution in [0.4, 0.5) is 9.18 Å². The molecule has 3 rings (SSSR count). The lowest BCUT2D eigenvalue weighted by Gasteiger charge is -2.37. The van der Waals surface area contributed by atoms with Crippen molar-refractivity contribution in [3.8, 4) is 5.75 Å². The summed E-state index contributed by atoms with van der Waals surface area (Å²) in [6.07, 6.45) is -1.05. The van der Waals surface area contributed by atoms with Crippen LogP contribution in [0.5, 0.6) is 5.75 Å². The third kappa shape index (κ3) is 1.99. The highest BCUT2D eigenvalue weighted by molar-refractivity contribution is 6.08. The van der Waals surface area contributed by atoms with Crippen LogP contribution in [0.3, 0.4) is 0 Å². The quantitative estimate of drug-likeness (QED) is 0.720. The number of nitrogens with zero attached hydrogens (tertiary/aromatic N) is 1. The van der Waals surface area contributed by atoms with E-state index in [4.69, 9.17) is 4.74 Å². The number of ether oxygens (including phenoxy) is 1. The van der Waals surface area contributed by atoms with E-state index >= 15 is 0 Å². The monoisotopic (exact) mass is 307 g/mol. The molecule has 22 heavy (non-hydrogen) atoms. The first-order chi connectivity index (χ1) is 10.3. The SMILES string of the molecule is CN(C)C(=O)[C@@H]1C[C@]2(NC(=O)NC2=O)c2cc(F)ccc2O1. The van der Waals surface area contributed by atoms with Crippen molar-refractivity contribution in [1.82, 2.24) is 15.5 Å². The van der Waals surface area contributed by atoms with Crippen LogP contribution in [-0.2, 0) is 15.1 Å². The van der Waals surface area contributed by atoms with Crippen molar-refractivity contribution in [3.05, 3.63) is 29.6 Å². The molecule has 4 amide bonds. The van der Waals surface area contributed by atoms with Crippen molar-refractivity contribution >= 4 is 17.8 Å². The summed E-state index contributed by atoms with van der Waals surface area (Å²) in [5.41, 5.74) is -1.29. The standard InChI is InChI=1S/C14H14FN3O4/c1-18(2)11(19)10-6-14(12(20)16-13(21)17-14)8-5-7(15)3-4-9(8)22-10/h3-5,10H,6H2,1-2H3,(H2,16,17,20,21)/t10-,14-/m0/s1. The lowest BCUT2D eigenvalue weighted by atomic mass is 9.81. The number of fused-ring (bicyclic) bond motifs is 2. The highest BCUT2D eigenvalue weighted by Crippen LogP contribution is 2.41. The molecular weight excluding hydrogens is 293 g/mol. The number of urea groups is 1. The van der Waals surface area contributed by atoms with Gasteiger partial charge >= 0.3 is 6.03 Å². The fourth-order valence-electron chi connectivity index (χ4n) is 2.77. The topological polar surface area (TPSA) is 87.7 Å². The number of hydrogen-bond acceptors (Lipinski definition) is 4. The van der Waals surface area contributed by atoms with Gasteiger partial charge in [0.05, 0.1) is 0 Å². The molecule has 7 nitrogen and oxygen atoms in total. The number of rotatable bonds is 1. The molecule has 0 saturated carbocycles. The normalized spacial score (nSPS) is 26.0. The molecule has 1 aromatic carbocycles. The Morgan fingerprint density at radius 1 is 1.41 bits per heavy atom. The third-order valence-electron chi connectivity index (χ3n) is 3.82. The van der Waals surface area contributed by atoms with Gasteiger partial charge in [0.15, 0.2) is 11.6 Å². The van der Waals surface area contributed by atoms with Crippen LogP contribution < -0.4 is 15.4 Å². The first-order valence-electron chi connectivity index (χ1n) is 6.65. The molecule has 116 valence electrons. The molecule has 0 radical (unpaired) electrons. The van der Waals surface area contributed by atoms with E-state index in [9.17, 15) is 18.8 Å². The van der Waals surface area contributed by atoms with Gasteiger partial charge in [-0.15, -0.1) is 0 Å². The first-order valence-corrected chi connectivity index (χ1v) is 6.65. The number of carbonyl (C=O) groups is 3. The fraction of sp³-hybridized carbons (Fsp3) is 0.357. The van der Waals surface area contributed by atoms with Gasteiger partial charge in [-0.25, -0.2) is 9.18 Å². The van der Waals surface area contributed by atoms with Crippen LogP contribution in [0.1, 0.15) is 12.0 Å². The molecule has 2 atom stereocenters. The summed E-state index contributed by atoms with van der Waals surface area (Å²) in [4.78, 5) is 37.4. The Labute approximate surface area is 125 Å². The van der Waals surface area contributed by atoms with Crippen molar-refractivity contribution < 1.29 is 23.5 Å². The number of nitrogens with one attached hydrogen (secondary N) is 2. The smallest absolute Gasteiger partial charge is 0.322 e. The van der Waals surface area contributed by atoms with E-state index in [1.54, 1.807) is 14.1 Å². The van der Waals surface area contributed by atoms with Gasteiger partial charge in [0.25, 0.3) is 11.8 Å². The molecule has 1 saturated heterocycles. The Balaban J connectivity index is 2.12. The molecule has 2 aliphatic heterocycles. The minimum absolute atomic E-state index is 0.0992. The average Bonchev–Trinajstić information content (AvgIpc) is 2.73. The molecule has 2 heterocycles. The summed E-state index contributed by atoms with van der Waals surface area (Å²) < 4.78 is 19.2. The number of imide groups is 1. The molecule has 0 bridgehead atoms. The van der Waals surface area contributed by atoms with Gasteiger partial charge in [-0.3, -0.25) is 14.9 Å². The molecule has 2 aliphatic rings. The highest BCUT2D eigenvalue weighted by atomic mass is 19.1. The lowest BCUT2D eigenvalue weighted by molar-refractivity contribution is -0.139. The molecular formula is C14H14FN3O4. The van der Waals surface area contributed by atoms with Gasteiger partial charge in [0.1, 0.15) is 11.6 Å². The summed E-state index contributed by atoms with van der Waals surface area (Å²) in [6.45, 7) is 0. The van der Waals surface area contributed by atoms with Gasteiger partial charge in [0.2, 0.25) is 0 Å². The molecule has 1 fully saturated rings. The van der Waals surface area contributed by atoms with Gasteiger partial charge in [-0.2, -0.15) is 0 Å². The van der Waals surface area contributed by atoms with Crippen LogP contribution in [-0.4, -0.2) is 42.9 Å². The molecule has 8 heteroatoms. The second kappa shape index (κ2) is 4.69. The lowest BCUT2D eigenvalue weighted by Crippen LogP contribution is -2.53. The largest absolute Gasteiger partial charge is 0.480 e.